The normalized spacial score (nSPS) is 13.0. The number of aryl methyl sites for hydroxylation is 1. The van der Waals surface area contributed by atoms with E-state index in [1.807, 2.05) is 0 Å². The van der Waals surface area contributed by atoms with Crippen molar-refractivity contribution in [1.29, 1.82) is 0 Å². The Labute approximate surface area is 114 Å². The molecule has 1 aromatic carbocycles. The highest BCUT2D eigenvalue weighted by atomic mass is 32.2. The van der Waals surface area contributed by atoms with Crippen molar-refractivity contribution in [3.05, 3.63) is 29.1 Å². The molecule has 9 heteroatoms. The largest absolute Gasteiger partial charge is 0.402 e. The van der Waals surface area contributed by atoms with Crippen LogP contribution in [0.1, 0.15) is 11.1 Å². The number of nitrogens with two attached hydrogens (primary N) is 1. The fraction of sp³-hybridized carbons (Fsp3) is 0.455. The van der Waals surface area contributed by atoms with Gasteiger partial charge in [-0.25, -0.2) is 12.8 Å². The van der Waals surface area contributed by atoms with Crippen LogP contribution in [0.5, 0.6) is 0 Å². The summed E-state index contributed by atoms with van der Waals surface area (Å²) in [5.74, 6) is -0.662. The lowest BCUT2D eigenvalue weighted by atomic mass is 10.1. The predicted octanol–water partition coefficient (Wildman–Crippen LogP) is 1.78. The second kappa shape index (κ2) is 5.66. The van der Waals surface area contributed by atoms with E-state index in [-0.39, 0.29) is 22.0 Å². The van der Waals surface area contributed by atoms with Crippen LogP contribution in [0.4, 0.5) is 17.6 Å². The van der Waals surface area contributed by atoms with Crippen molar-refractivity contribution >= 4 is 10.0 Å². The van der Waals surface area contributed by atoms with Crippen LogP contribution in [0.15, 0.2) is 17.0 Å². The van der Waals surface area contributed by atoms with Gasteiger partial charge in [0, 0.05) is 19.2 Å². The molecule has 0 aromatic heterocycles. The lowest BCUT2D eigenvalue weighted by molar-refractivity contribution is -0.134. The number of alkyl halides is 3. The second-order valence-electron chi connectivity index (χ2n) is 4.29. The average molecular weight is 314 g/mol. The SMILES string of the molecule is Cc1cc(S(=O)(=O)N(C)CC(F)(F)F)cc(CN)c1F. The van der Waals surface area contributed by atoms with Gasteiger partial charge in [-0.2, -0.15) is 17.5 Å². The fourth-order valence-electron chi connectivity index (χ4n) is 1.62. The summed E-state index contributed by atoms with van der Waals surface area (Å²) in [4.78, 5) is -0.413. The van der Waals surface area contributed by atoms with Gasteiger partial charge in [0.25, 0.3) is 0 Å². The van der Waals surface area contributed by atoms with E-state index in [0.717, 1.165) is 19.2 Å². The van der Waals surface area contributed by atoms with Crippen molar-refractivity contribution in [3.8, 4) is 0 Å². The highest BCUT2D eigenvalue weighted by Gasteiger charge is 2.35. The summed E-state index contributed by atoms with van der Waals surface area (Å²) in [7, 11) is -3.54. The van der Waals surface area contributed by atoms with Crippen LogP contribution in [0, 0.1) is 12.7 Å². The van der Waals surface area contributed by atoms with Gasteiger partial charge in [-0.3, -0.25) is 0 Å². The van der Waals surface area contributed by atoms with E-state index in [4.69, 9.17) is 5.73 Å². The van der Waals surface area contributed by atoms with Gasteiger partial charge in [0.2, 0.25) is 10.0 Å². The summed E-state index contributed by atoms with van der Waals surface area (Å²) in [6.07, 6.45) is -4.66. The number of benzene rings is 1. The lowest BCUT2D eigenvalue weighted by Gasteiger charge is -2.19. The van der Waals surface area contributed by atoms with Crippen LogP contribution in [-0.2, 0) is 16.6 Å². The van der Waals surface area contributed by atoms with Crippen LogP contribution < -0.4 is 5.73 Å². The number of hydrogen-bond donors (Lipinski definition) is 1. The molecule has 0 atom stereocenters. The Hall–Kier alpha value is -1.19. The van der Waals surface area contributed by atoms with Crippen LogP contribution in [0.3, 0.4) is 0 Å². The monoisotopic (exact) mass is 314 g/mol. The van der Waals surface area contributed by atoms with Crippen LogP contribution in [0.25, 0.3) is 0 Å². The third-order valence-electron chi connectivity index (χ3n) is 2.63. The van der Waals surface area contributed by atoms with Crippen molar-refractivity contribution in [2.45, 2.75) is 24.5 Å². The van der Waals surface area contributed by atoms with Gasteiger partial charge >= 0.3 is 6.18 Å². The Morgan fingerprint density at radius 1 is 1.30 bits per heavy atom. The maximum Gasteiger partial charge on any atom is 0.402 e. The highest BCUT2D eigenvalue weighted by Crippen LogP contribution is 2.24. The van der Waals surface area contributed by atoms with Crippen LogP contribution in [-0.4, -0.2) is 32.5 Å². The van der Waals surface area contributed by atoms with E-state index in [0.29, 0.717) is 0 Å². The van der Waals surface area contributed by atoms with E-state index in [2.05, 4.69) is 0 Å². The van der Waals surface area contributed by atoms with Gasteiger partial charge in [-0.15, -0.1) is 0 Å². The molecule has 114 valence electrons. The maximum absolute atomic E-state index is 13.6. The zero-order valence-electron chi connectivity index (χ0n) is 10.8. The Morgan fingerprint density at radius 2 is 1.85 bits per heavy atom. The van der Waals surface area contributed by atoms with E-state index in [1.165, 1.54) is 6.92 Å². The van der Waals surface area contributed by atoms with Crippen molar-refractivity contribution < 1.29 is 26.0 Å². The molecule has 0 saturated carbocycles. The smallest absolute Gasteiger partial charge is 0.326 e. The summed E-state index contributed by atoms with van der Waals surface area (Å²) in [6.45, 7) is -0.556. The molecular formula is C11H14F4N2O2S. The summed E-state index contributed by atoms with van der Waals surface area (Å²) in [5.41, 5.74) is 5.22. The van der Waals surface area contributed by atoms with Crippen molar-refractivity contribution in [1.82, 2.24) is 4.31 Å². The molecule has 0 amide bonds. The zero-order chi connectivity index (χ0) is 15.7. The summed E-state index contributed by atoms with van der Waals surface area (Å²) in [5, 5.41) is 0. The highest BCUT2D eigenvalue weighted by molar-refractivity contribution is 7.89. The first kappa shape index (κ1) is 16.9. The number of halogens is 4. The molecule has 1 aromatic rings. The predicted molar refractivity (Wildman–Crippen MR) is 64.9 cm³/mol. The standard InChI is InChI=1S/C11H14F4N2O2S/c1-7-3-9(4-8(5-16)10(7)12)20(18,19)17(2)6-11(13,14)15/h3-4H,5-6,16H2,1-2H3. The van der Waals surface area contributed by atoms with Crippen LogP contribution >= 0.6 is 0 Å². The quantitative estimate of drug-likeness (QED) is 0.862. The summed E-state index contributed by atoms with van der Waals surface area (Å²) >= 11 is 0. The average Bonchev–Trinajstić information content (AvgIpc) is 2.30. The first-order valence-electron chi connectivity index (χ1n) is 5.51. The molecule has 0 aliphatic heterocycles. The molecule has 1 rings (SSSR count). The summed E-state index contributed by atoms with van der Waals surface area (Å²) in [6, 6.07) is 1.93. The number of hydrogen-bond acceptors (Lipinski definition) is 3. The minimum absolute atomic E-state index is 0.00642. The molecule has 0 aliphatic carbocycles. The summed E-state index contributed by atoms with van der Waals surface area (Å²) < 4.78 is 74.5. The second-order valence-corrected chi connectivity index (χ2v) is 6.34. The first-order valence-corrected chi connectivity index (χ1v) is 6.95. The number of rotatable bonds is 4. The Balaban J connectivity index is 3.26. The molecule has 20 heavy (non-hydrogen) atoms. The molecule has 0 bridgehead atoms. The molecule has 0 heterocycles. The maximum atomic E-state index is 13.6. The van der Waals surface area contributed by atoms with Gasteiger partial charge in [0.1, 0.15) is 12.4 Å². The third kappa shape index (κ3) is 3.68. The van der Waals surface area contributed by atoms with Crippen molar-refractivity contribution in [2.24, 2.45) is 5.73 Å². The Bertz CT molecular complexity index is 599. The van der Waals surface area contributed by atoms with E-state index in [9.17, 15) is 26.0 Å². The molecule has 0 aliphatic rings. The molecular weight excluding hydrogens is 300 g/mol. The van der Waals surface area contributed by atoms with Gasteiger partial charge in [-0.05, 0) is 24.6 Å². The number of sulfonamides is 1. The Morgan fingerprint density at radius 3 is 2.30 bits per heavy atom. The number of nitrogens with zero attached hydrogens (tertiary/aromatic N) is 1. The Kier molecular flexibility index (Phi) is 4.78. The van der Waals surface area contributed by atoms with Gasteiger partial charge < -0.3 is 5.73 Å². The van der Waals surface area contributed by atoms with E-state index < -0.39 is 33.5 Å². The van der Waals surface area contributed by atoms with E-state index >= 15 is 0 Å². The molecule has 4 nitrogen and oxygen atoms in total. The molecule has 2 N–H and O–H groups in total. The molecule has 0 saturated heterocycles. The molecule has 0 radical (unpaired) electrons. The minimum atomic E-state index is -4.66. The van der Waals surface area contributed by atoms with Crippen LogP contribution in [0.2, 0.25) is 0 Å². The van der Waals surface area contributed by atoms with Gasteiger partial charge in [-0.1, -0.05) is 0 Å². The first-order chi connectivity index (χ1) is 8.99. The van der Waals surface area contributed by atoms with Gasteiger partial charge in [0.15, 0.2) is 0 Å². The minimum Gasteiger partial charge on any atom is -0.326 e. The molecule has 0 spiro atoms. The lowest BCUT2D eigenvalue weighted by Crippen LogP contribution is -2.36. The topological polar surface area (TPSA) is 63.4 Å². The molecule has 0 unspecified atom stereocenters. The molecule has 0 fully saturated rings. The van der Waals surface area contributed by atoms with Crippen molar-refractivity contribution in [3.63, 3.8) is 0 Å². The van der Waals surface area contributed by atoms with Gasteiger partial charge in [0.05, 0.1) is 4.90 Å². The fourth-order valence-corrected chi connectivity index (χ4v) is 2.91. The van der Waals surface area contributed by atoms with Crippen molar-refractivity contribution in [2.75, 3.05) is 13.6 Å². The third-order valence-corrected chi connectivity index (χ3v) is 4.41. The van der Waals surface area contributed by atoms with E-state index in [1.54, 1.807) is 0 Å². The zero-order valence-corrected chi connectivity index (χ0v) is 11.6.